The summed E-state index contributed by atoms with van der Waals surface area (Å²) in [7, 11) is 0. The van der Waals surface area contributed by atoms with Crippen LogP contribution >= 0.6 is 0 Å². The number of rotatable bonds is 5. The van der Waals surface area contributed by atoms with Crippen molar-refractivity contribution in [2.24, 2.45) is 11.3 Å². The van der Waals surface area contributed by atoms with Crippen LogP contribution in [-0.2, 0) is 4.74 Å². The third-order valence-electron chi connectivity index (χ3n) is 4.46. The van der Waals surface area contributed by atoms with Crippen molar-refractivity contribution >= 4 is 0 Å². The number of ether oxygens (including phenoxy) is 1. The van der Waals surface area contributed by atoms with Gasteiger partial charge in [0.2, 0.25) is 0 Å². The summed E-state index contributed by atoms with van der Waals surface area (Å²) in [4.78, 5) is 0. The number of hydrogen-bond donors (Lipinski definition) is 2. The third-order valence-corrected chi connectivity index (χ3v) is 4.46. The van der Waals surface area contributed by atoms with Crippen molar-refractivity contribution in [2.75, 3.05) is 32.8 Å². The van der Waals surface area contributed by atoms with Gasteiger partial charge in [0, 0.05) is 32.3 Å². The van der Waals surface area contributed by atoms with Gasteiger partial charge in [-0.05, 0) is 43.6 Å². The molecule has 1 unspecified atom stereocenters. The molecule has 0 radical (unpaired) electrons. The molecule has 0 aliphatic carbocycles. The first-order valence-corrected chi connectivity index (χ1v) is 7.20. The summed E-state index contributed by atoms with van der Waals surface area (Å²) < 4.78 is 5.45. The van der Waals surface area contributed by atoms with E-state index in [1.807, 2.05) is 0 Å². The molecule has 1 atom stereocenters. The second-order valence-electron chi connectivity index (χ2n) is 6.30. The van der Waals surface area contributed by atoms with Crippen LogP contribution < -0.4 is 10.6 Å². The van der Waals surface area contributed by atoms with Gasteiger partial charge in [-0.15, -0.1) is 0 Å². The van der Waals surface area contributed by atoms with Crippen LogP contribution in [0.5, 0.6) is 0 Å². The minimum atomic E-state index is 0.405. The van der Waals surface area contributed by atoms with Crippen molar-refractivity contribution in [1.29, 1.82) is 0 Å². The van der Waals surface area contributed by atoms with Crippen LogP contribution in [0.1, 0.15) is 39.5 Å². The maximum atomic E-state index is 5.45. The molecular weight excluding hydrogens is 212 g/mol. The van der Waals surface area contributed by atoms with Crippen LogP contribution in [0.25, 0.3) is 0 Å². The Balaban J connectivity index is 1.68. The van der Waals surface area contributed by atoms with E-state index in [-0.39, 0.29) is 0 Å². The van der Waals surface area contributed by atoms with Gasteiger partial charge in [0.25, 0.3) is 0 Å². The SMILES string of the molecule is CC(C)(CNCC1CCCN1)C1CCOCC1. The lowest BCUT2D eigenvalue weighted by molar-refractivity contribution is 0.0227. The lowest BCUT2D eigenvalue weighted by Gasteiger charge is -2.37. The van der Waals surface area contributed by atoms with Crippen molar-refractivity contribution in [3.63, 3.8) is 0 Å². The Hall–Kier alpha value is -0.120. The molecule has 2 heterocycles. The fraction of sp³-hybridized carbons (Fsp3) is 1.00. The van der Waals surface area contributed by atoms with Crippen LogP contribution in [0.3, 0.4) is 0 Å². The van der Waals surface area contributed by atoms with E-state index in [2.05, 4.69) is 24.5 Å². The monoisotopic (exact) mass is 240 g/mol. The topological polar surface area (TPSA) is 33.3 Å². The first-order valence-electron chi connectivity index (χ1n) is 7.20. The molecule has 2 N–H and O–H groups in total. The summed E-state index contributed by atoms with van der Waals surface area (Å²) in [6, 6.07) is 0.709. The zero-order valence-corrected chi connectivity index (χ0v) is 11.4. The minimum absolute atomic E-state index is 0.405. The second kappa shape index (κ2) is 6.17. The molecule has 0 aromatic carbocycles. The molecule has 0 aromatic rings. The summed E-state index contributed by atoms with van der Waals surface area (Å²) in [5.41, 5.74) is 0.405. The Morgan fingerprint density at radius 2 is 2.00 bits per heavy atom. The van der Waals surface area contributed by atoms with Crippen LogP contribution in [0.4, 0.5) is 0 Å². The molecule has 0 saturated carbocycles. The number of hydrogen-bond acceptors (Lipinski definition) is 3. The van der Waals surface area contributed by atoms with Gasteiger partial charge in [0.05, 0.1) is 0 Å². The Morgan fingerprint density at radius 1 is 1.24 bits per heavy atom. The van der Waals surface area contributed by atoms with Crippen molar-refractivity contribution < 1.29 is 4.74 Å². The molecular formula is C14H28N2O. The Morgan fingerprint density at radius 3 is 2.65 bits per heavy atom. The largest absolute Gasteiger partial charge is 0.381 e. The predicted octanol–water partition coefficient (Wildman–Crippen LogP) is 1.78. The first kappa shape index (κ1) is 13.3. The molecule has 3 heteroatoms. The third kappa shape index (κ3) is 3.94. The van der Waals surface area contributed by atoms with Crippen molar-refractivity contribution in [2.45, 2.75) is 45.6 Å². The van der Waals surface area contributed by atoms with Gasteiger partial charge in [-0.3, -0.25) is 0 Å². The van der Waals surface area contributed by atoms with Crippen molar-refractivity contribution in [3.05, 3.63) is 0 Å². The molecule has 2 saturated heterocycles. The van der Waals surface area contributed by atoms with Gasteiger partial charge < -0.3 is 15.4 Å². The van der Waals surface area contributed by atoms with Gasteiger partial charge in [0.15, 0.2) is 0 Å². The predicted molar refractivity (Wildman–Crippen MR) is 71.2 cm³/mol. The van der Waals surface area contributed by atoms with E-state index in [1.54, 1.807) is 0 Å². The molecule has 0 aromatic heterocycles. The molecule has 0 spiro atoms. The second-order valence-corrected chi connectivity index (χ2v) is 6.30. The highest BCUT2D eigenvalue weighted by molar-refractivity contribution is 4.84. The van der Waals surface area contributed by atoms with E-state index in [0.717, 1.165) is 32.2 Å². The minimum Gasteiger partial charge on any atom is -0.381 e. The highest BCUT2D eigenvalue weighted by Gasteiger charge is 2.30. The number of nitrogens with one attached hydrogen (secondary N) is 2. The average molecular weight is 240 g/mol. The van der Waals surface area contributed by atoms with Crippen molar-refractivity contribution in [1.82, 2.24) is 10.6 Å². The lowest BCUT2D eigenvalue weighted by Crippen LogP contribution is -2.42. The van der Waals surface area contributed by atoms with Crippen LogP contribution in [0.15, 0.2) is 0 Å². The molecule has 2 rings (SSSR count). The van der Waals surface area contributed by atoms with Gasteiger partial charge in [0.1, 0.15) is 0 Å². The summed E-state index contributed by atoms with van der Waals surface area (Å²) >= 11 is 0. The van der Waals surface area contributed by atoms with Crippen LogP contribution in [0, 0.1) is 11.3 Å². The van der Waals surface area contributed by atoms with E-state index in [4.69, 9.17) is 4.74 Å². The van der Waals surface area contributed by atoms with Crippen LogP contribution in [0.2, 0.25) is 0 Å². The Kier molecular flexibility index (Phi) is 4.83. The summed E-state index contributed by atoms with van der Waals surface area (Å²) in [6.45, 7) is 10.2. The molecule has 100 valence electrons. The zero-order valence-electron chi connectivity index (χ0n) is 11.4. The van der Waals surface area contributed by atoms with E-state index < -0.39 is 0 Å². The van der Waals surface area contributed by atoms with Gasteiger partial charge >= 0.3 is 0 Å². The first-order chi connectivity index (χ1) is 8.18. The highest BCUT2D eigenvalue weighted by atomic mass is 16.5. The van der Waals surface area contributed by atoms with E-state index in [9.17, 15) is 0 Å². The van der Waals surface area contributed by atoms with Gasteiger partial charge in [-0.25, -0.2) is 0 Å². The van der Waals surface area contributed by atoms with E-state index >= 15 is 0 Å². The fourth-order valence-electron chi connectivity index (χ4n) is 3.12. The Bertz CT molecular complexity index is 218. The normalized spacial score (nSPS) is 27.5. The fourth-order valence-corrected chi connectivity index (χ4v) is 3.12. The maximum Gasteiger partial charge on any atom is 0.0468 e. The molecule has 2 fully saturated rings. The molecule has 17 heavy (non-hydrogen) atoms. The molecule has 2 aliphatic heterocycles. The quantitative estimate of drug-likeness (QED) is 0.768. The van der Waals surface area contributed by atoms with Crippen LogP contribution in [-0.4, -0.2) is 38.9 Å². The smallest absolute Gasteiger partial charge is 0.0468 e. The van der Waals surface area contributed by atoms with E-state index in [0.29, 0.717) is 11.5 Å². The highest BCUT2D eigenvalue weighted by Crippen LogP contribution is 2.33. The molecule has 2 aliphatic rings. The van der Waals surface area contributed by atoms with E-state index in [1.165, 1.54) is 32.2 Å². The summed E-state index contributed by atoms with van der Waals surface area (Å²) in [5, 5.41) is 7.20. The van der Waals surface area contributed by atoms with Gasteiger partial charge in [-0.2, -0.15) is 0 Å². The maximum absolute atomic E-state index is 5.45. The van der Waals surface area contributed by atoms with Gasteiger partial charge in [-0.1, -0.05) is 13.8 Å². The average Bonchev–Trinajstić information content (AvgIpc) is 2.83. The lowest BCUT2D eigenvalue weighted by atomic mass is 9.74. The standard InChI is InChI=1S/C14H28N2O/c1-14(2,12-5-8-17-9-6-12)11-15-10-13-4-3-7-16-13/h12-13,15-16H,3-11H2,1-2H3. The Labute approximate surface area is 106 Å². The molecule has 0 bridgehead atoms. The summed E-state index contributed by atoms with van der Waals surface area (Å²) in [6.07, 6.45) is 5.15. The summed E-state index contributed by atoms with van der Waals surface area (Å²) in [5.74, 6) is 0.820. The zero-order chi connectivity index (χ0) is 12.1. The molecule has 0 amide bonds. The molecule has 3 nitrogen and oxygen atoms in total. The van der Waals surface area contributed by atoms with Crippen molar-refractivity contribution in [3.8, 4) is 0 Å².